The lowest BCUT2D eigenvalue weighted by Crippen LogP contribution is -2.38. The Morgan fingerprint density at radius 1 is 1.03 bits per heavy atom. The molecule has 0 radical (unpaired) electrons. The molecule has 0 bridgehead atoms. The van der Waals surface area contributed by atoms with Crippen molar-refractivity contribution in [3.8, 4) is 22.9 Å². The van der Waals surface area contributed by atoms with Crippen molar-refractivity contribution in [2.45, 2.75) is 38.6 Å². The third-order valence-electron chi connectivity index (χ3n) is 6.65. The molecule has 8 nitrogen and oxygen atoms in total. The van der Waals surface area contributed by atoms with E-state index in [4.69, 9.17) is 24.5 Å². The molecule has 178 valence electrons. The fourth-order valence-corrected chi connectivity index (χ4v) is 4.73. The van der Waals surface area contributed by atoms with Crippen molar-refractivity contribution in [3.63, 3.8) is 0 Å². The molecule has 2 aromatic carbocycles. The van der Waals surface area contributed by atoms with Gasteiger partial charge in [-0.2, -0.15) is 4.52 Å². The van der Waals surface area contributed by atoms with E-state index in [0.29, 0.717) is 29.3 Å². The fourth-order valence-electron chi connectivity index (χ4n) is 4.73. The lowest BCUT2D eigenvalue weighted by atomic mass is 10.0. The van der Waals surface area contributed by atoms with Crippen LogP contribution in [0, 0.1) is 0 Å². The molecule has 0 saturated carbocycles. The van der Waals surface area contributed by atoms with Crippen molar-refractivity contribution in [1.82, 2.24) is 24.5 Å². The van der Waals surface area contributed by atoms with Gasteiger partial charge in [0.2, 0.25) is 5.95 Å². The predicted molar refractivity (Wildman–Crippen MR) is 135 cm³/mol. The maximum atomic E-state index is 5.53. The van der Waals surface area contributed by atoms with Crippen LogP contribution >= 0.6 is 0 Å². The van der Waals surface area contributed by atoms with Gasteiger partial charge in [-0.3, -0.25) is 0 Å². The van der Waals surface area contributed by atoms with Crippen LogP contribution in [-0.4, -0.2) is 64.4 Å². The Bertz CT molecular complexity index is 1270. The molecule has 1 fully saturated rings. The van der Waals surface area contributed by atoms with Crippen LogP contribution in [0.5, 0.6) is 11.5 Å². The molecule has 0 aliphatic carbocycles. The maximum absolute atomic E-state index is 5.53. The molecule has 1 aliphatic heterocycles. The van der Waals surface area contributed by atoms with Crippen molar-refractivity contribution >= 4 is 22.5 Å². The molecule has 0 unspecified atom stereocenters. The Hall–Kier alpha value is -3.39. The zero-order valence-electron chi connectivity index (χ0n) is 20.1. The van der Waals surface area contributed by atoms with Crippen molar-refractivity contribution in [1.29, 1.82) is 0 Å². The van der Waals surface area contributed by atoms with Crippen LogP contribution in [0.1, 0.15) is 32.6 Å². The smallest absolute Gasteiger partial charge is 0.226 e. The Labute approximate surface area is 199 Å². The molecule has 8 heteroatoms. The number of ether oxygens (including phenoxy) is 2. The SMILES string of the molecule is COc1cc2nc(NCCCN3CCCC[C@@H]3C)n3nc(-c4ccccc4)nc3c2cc1OC. The van der Waals surface area contributed by atoms with Crippen LogP contribution in [0.4, 0.5) is 5.95 Å². The average molecular weight is 461 g/mol. The second-order valence-corrected chi connectivity index (χ2v) is 8.86. The molecular formula is C26H32N6O2. The molecule has 3 heterocycles. The number of rotatable bonds is 8. The second-order valence-electron chi connectivity index (χ2n) is 8.86. The molecular weight excluding hydrogens is 428 g/mol. The highest BCUT2D eigenvalue weighted by atomic mass is 16.5. The lowest BCUT2D eigenvalue weighted by molar-refractivity contribution is 0.160. The number of likely N-dealkylation sites (tertiary alicyclic amines) is 1. The van der Waals surface area contributed by atoms with Gasteiger partial charge in [-0.05, 0) is 38.8 Å². The zero-order valence-corrected chi connectivity index (χ0v) is 20.1. The standard InChI is InChI=1S/C26H32N6O2/c1-18-10-7-8-14-31(18)15-9-13-27-26-28-21-17-23(34-3)22(33-2)16-20(21)25-29-24(30-32(25)26)19-11-5-4-6-12-19/h4-6,11-12,16-18H,7-10,13-15H2,1-3H3,(H,27,28)/t18-/m0/s1. The van der Waals surface area contributed by atoms with Crippen molar-refractivity contribution in [2.75, 3.05) is 39.2 Å². The number of nitrogens with one attached hydrogen (secondary N) is 1. The highest BCUT2D eigenvalue weighted by Crippen LogP contribution is 2.34. The minimum Gasteiger partial charge on any atom is -0.493 e. The molecule has 0 amide bonds. The third-order valence-corrected chi connectivity index (χ3v) is 6.65. The summed E-state index contributed by atoms with van der Waals surface area (Å²) < 4.78 is 12.8. The van der Waals surface area contributed by atoms with Crippen LogP contribution in [-0.2, 0) is 0 Å². The molecule has 1 saturated heterocycles. The van der Waals surface area contributed by atoms with Crippen molar-refractivity contribution in [3.05, 3.63) is 42.5 Å². The molecule has 5 rings (SSSR count). The highest BCUT2D eigenvalue weighted by molar-refractivity contribution is 5.95. The summed E-state index contributed by atoms with van der Waals surface area (Å²) >= 11 is 0. The average Bonchev–Trinajstić information content (AvgIpc) is 3.33. The van der Waals surface area contributed by atoms with Gasteiger partial charge < -0.3 is 19.7 Å². The summed E-state index contributed by atoms with van der Waals surface area (Å²) in [5.74, 6) is 2.62. The zero-order chi connectivity index (χ0) is 23.5. The number of aromatic nitrogens is 4. The fraction of sp³-hybridized carbons (Fsp3) is 0.423. The van der Waals surface area contributed by atoms with Crippen LogP contribution < -0.4 is 14.8 Å². The van der Waals surface area contributed by atoms with Gasteiger partial charge in [-0.25, -0.2) is 9.97 Å². The number of methoxy groups -OCH3 is 2. The number of benzene rings is 2. The summed E-state index contributed by atoms with van der Waals surface area (Å²) in [7, 11) is 3.26. The van der Waals surface area contributed by atoms with E-state index in [1.807, 2.05) is 42.5 Å². The Balaban J connectivity index is 1.49. The molecule has 0 spiro atoms. The predicted octanol–water partition coefficient (Wildman–Crippen LogP) is 4.64. The number of hydrogen-bond acceptors (Lipinski definition) is 7. The normalized spacial score (nSPS) is 16.7. The van der Waals surface area contributed by atoms with Crippen molar-refractivity contribution in [2.24, 2.45) is 0 Å². The van der Waals surface area contributed by atoms with Crippen LogP contribution in [0.25, 0.3) is 27.9 Å². The Kier molecular flexibility index (Phi) is 6.49. The summed E-state index contributed by atoms with van der Waals surface area (Å²) in [6.45, 7) is 5.43. The molecule has 4 aromatic rings. The number of nitrogens with zero attached hydrogens (tertiary/aromatic N) is 5. The number of fused-ring (bicyclic) bond motifs is 3. The topological polar surface area (TPSA) is 76.8 Å². The van der Waals surface area contributed by atoms with E-state index in [1.165, 1.54) is 25.8 Å². The van der Waals surface area contributed by atoms with Gasteiger partial charge in [0.05, 0.1) is 19.7 Å². The van der Waals surface area contributed by atoms with E-state index in [-0.39, 0.29) is 0 Å². The first kappa shape index (κ1) is 22.4. The van der Waals surface area contributed by atoms with E-state index < -0.39 is 0 Å². The molecule has 34 heavy (non-hydrogen) atoms. The Morgan fingerprint density at radius 3 is 2.59 bits per heavy atom. The van der Waals surface area contributed by atoms with Gasteiger partial charge >= 0.3 is 0 Å². The molecule has 1 aliphatic rings. The highest BCUT2D eigenvalue weighted by Gasteiger charge is 2.19. The summed E-state index contributed by atoms with van der Waals surface area (Å²) in [5, 5.41) is 9.19. The van der Waals surface area contributed by atoms with Gasteiger partial charge in [-0.15, -0.1) is 5.10 Å². The summed E-state index contributed by atoms with van der Waals surface area (Å²) in [4.78, 5) is 12.4. The minimum atomic E-state index is 0.638. The van der Waals surface area contributed by atoms with Crippen LogP contribution in [0.2, 0.25) is 0 Å². The third kappa shape index (κ3) is 4.37. The number of hydrogen-bond donors (Lipinski definition) is 1. The monoisotopic (exact) mass is 460 g/mol. The van der Waals surface area contributed by atoms with Crippen LogP contribution in [0.15, 0.2) is 42.5 Å². The largest absolute Gasteiger partial charge is 0.493 e. The van der Waals surface area contributed by atoms with E-state index in [0.717, 1.165) is 41.6 Å². The molecule has 1 atom stereocenters. The van der Waals surface area contributed by atoms with E-state index in [1.54, 1.807) is 18.7 Å². The summed E-state index contributed by atoms with van der Waals surface area (Å²) in [5.41, 5.74) is 2.48. The van der Waals surface area contributed by atoms with Gasteiger partial charge in [0.25, 0.3) is 0 Å². The number of piperidine rings is 1. The first-order valence-electron chi connectivity index (χ1n) is 12.0. The van der Waals surface area contributed by atoms with E-state index in [9.17, 15) is 0 Å². The molecule has 2 aromatic heterocycles. The second kappa shape index (κ2) is 9.85. The summed E-state index contributed by atoms with van der Waals surface area (Å²) in [6, 6.07) is 14.5. The number of anilines is 1. The van der Waals surface area contributed by atoms with Crippen molar-refractivity contribution < 1.29 is 9.47 Å². The first-order chi connectivity index (χ1) is 16.7. The molecule has 1 N–H and O–H groups in total. The van der Waals surface area contributed by atoms with E-state index >= 15 is 0 Å². The van der Waals surface area contributed by atoms with Gasteiger partial charge in [0, 0.05) is 36.1 Å². The van der Waals surface area contributed by atoms with E-state index in [2.05, 4.69) is 17.1 Å². The van der Waals surface area contributed by atoms with Gasteiger partial charge in [-0.1, -0.05) is 36.8 Å². The maximum Gasteiger partial charge on any atom is 0.226 e. The van der Waals surface area contributed by atoms with Gasteiger partial charge in [0.1, 0.15) is 0 Å². The first-order valence-corrected chi connectivity index (χ1v) is 12.0. The Morgan fingerprint density at radius 2 is 1.82 bits per heavy atom. The van der Waals surface area contributed by atoms with Gasteiger partial charge in [0.15, 0.2) is 23.0 Å². The van der Waals surface area contributed by atoms with Crippen LogP contribution in [0.3, 0.4) is 0 Å². The quantitative estimate of drug-likeness (QED) is 0.384. The summed E-state index contributed by atoms with van der Waals surface area (Å²) in [6.07, 6.45) is 4.99. The lowest BCUT2D eigenvalue weighted by Gasteiger charge is -2.33. The minimum absolute atomic E-state index is 0.638.